The first-order valence-electron chi connectivity index (χ1n) is 9.66. The second-order valence-corrected chi connectivity index (χ2v) is 6.82. The molecule has 0 aromatic rings. The van der Waals surface area contributed by atoms with Crippen LogP contribution in [0.3, 0.4) is 0 Å². The number of nitro groups is 3. The Labute approximate surface area is 159 Å². The predicted molar refractivity (Wildman–Crippen MR) is 98.9 cm³/mol. The smallest absolute Gasteiger partial charge is 0.273 e. The summed E-state index contributed by atoms with van der Waals surface area (Å²) in [6.07, 6.45) is 12.5. The van der Waals surface area contributed by atoms with E-state index >= 15 is 0 Å². The molecule has 0 aliphatic rings. The lowest BCUT2D eigenvalue weighted by atomic mass is 9.96. The van der Waals surface area contributed by atoms with E-state index in [1.165, 1.54) is 38.5 Å². The van der Waals surface area contributed by atoms with Gasteiger partial charge in [0.25, 0.3) is 0 Å². The highest BCUT2D eigenvalue weighted by Crippen LogP contribution is 2.22. The summed E-state index contributed by atoms with van der Waals surface area (Å²) in [6, 6.07) is -2.22. The van der Waals surface area contributed by atoms with Crippen LogP contribution >= 0.6 is 0 Å². The molecule has 1 unspecified atom stereocenters. The third-order valence-electron chi connectivity index (χ3n) is 4.76. The van der Waals surface area contributed by atoms with Crippen LogP contribution in [0.2, 0.25) is 0 Å². The molecule has 0 heterocycles. The van der Waals surface area contributed by atoms with Gasteiger partial charge < -0.3 is 0 Å². The molecule has 0 bridgehead atoms. The fraction of sp³-hybridized carbons (Fsp3) is 0.941. The van der Waals surface area contributed by atoms with Crippen molar-refractivity contribution in [3.63, 3.8) is 0 Å². The molecule has 0 spiro atoms. The molecule has 0 saturated carbocycles. The van der Waals surface area contributed by atoms with E-state index in [1.54, 1.807) is 0 Å². The summed E-state index contributed by atoms with van der Waals surface area (Å²) in [7, 11) is 0. The topological polar surface area (TPSA) is 146 Å². The second-order valence-electron chi connectivity index (χ2n) is 6.82. The molecule has 0 aromatic carbocycles. The summed E-state index contributed by atoms with van der Waals surface area (Å²) < 4.78 is 0. The van der Waals surface area contributed by atoms with Gasteiger partial charge in [-0.05, 0) is 6.42 Å². The second kappa shape index (κ2) is 14.0. The van der Waals surface area contributed by atoms with Crippen molar-refractivity contribution < 1.29 is 19.6 Å². The van der Waals surface area contributed by atoms with E-state index in [0.29, 0.717) is 12.7 Å². The molecule has 0 aliphatic carbocycles. The summed E-state index contributed by atoms with van der Waals surface area (Å²) in [5, 5.41) is 33.0. The van der Waals surface area contributed by atoms with Gasteiger partial charge in [-0.15, -0.1) is 0 Å². The van der Waals surface area contributed by atoms with Gasteiger partial charge >= 0.3 is 18.0 Å². The third-order valence-corrected chi connectivity index (χ3v) is 4.76. The Bertz CT molecular complexity index is 471. The molecular weight excluding hydrogens is 358 g/mol. The van der Waals surface area contributed by atoms with E-state index in [0.717, 1.165) is 25.7 Å². The number of hydrogen-bond donors (Lipinski definition) is 0. The van der Waals surface area contributed by atoms with Gasteiger partial charge in [-0.2, -0.15) is 0 Å². The largest absolute Gasteiger partial charge is 0.588 e. The maximum Gasteiger partial charge on any atom is 0.588 e. The van der Waals surface area contributed by atoms with Crippen molar-refractivity contribution in [1.82, 2.24) is 0 Å². The monoisotopic (exact) mass is 388 g/mol. The van der Waals surface area contributed by atoms with E-state index in [1.807, 2.05) is 0 Å². The highest BCUT2D eigenvalue weighted by molar-refractivity contribution is 5.61. The van der Waals surface area contributed by atoms with Gasteiger partial charge in [0.2, 0.25) is 0 Å². The van der Waals surface area contributed by atoms with Crippen LogP contribution in [0.5, 0.6) is 0 Å². The first kappa shape index (κ1) is 24.9. The van der Waals surface area contributed by atoms with Crippen LogP contribution in [-0.4, -0.2) is 32.8 Å². The van der Waals surface area contributed by atoms with Crippen molar-refractivity contribution in [2.24, 2.45) is 0 Å². The average Bonchev–Trinajstić information content (AvgIpc) is 2.61. The van der Waals surface area contributed by atoms with Gasteiger partial charge in [0.05, 0.1) is 0 Å². The molecule has 155 valence electrons. The Kier molecular flexibility index (Phi) is 12.9. The first-order chi connectivity index (χ1) is 12.8. The lowest BCUT2D eigenvalue weighted by molar-refractivity contribution is -0.810. The fourth-order valence-corrected chi connectivity index (χ4v) is 3.08. The van der Waals surface area contributed by atoms with Crippen molar-refractivity contribution in [1.29, 1.82) is 0 Å². The van der Waals surface area contributed by atoms with Crippen LogP contribution in [0.1, 0.15) is 90.4 Å². The van der Waals surface area contributed by atoms with Crippen LogP contribution in [-0.2, 0) is 4.79 Å². The number of hydrogen-bond acceptors (Lipinski definition) is 7. The lowest BCUT2D eigenvalue weighted by Gasteiger charge is -2.14. The van der Waals surface area contributed by atoms with E-state index < -0.39 is 32.9 Å². The highest BCUT2D eigenvalue weighted by Gasteiger charge is 2.71. The number of rotatable bonds is 18. The minimum atomic E-state index is -3.54. The Balaban J connectivity index is 4.15. The summed E-state index contributed by atoms with van der Waals surface area (Å²) in [6.45, 7) is 2.18. The minimum Gasteiger partial charge on any atom is -0.273 e. The SMILES string of the molecule is CCCCCCCCCCCCCCC([N+](=O)[O-])C([C]=O)([N+](=O)[O-])[N+](=O)[O-]. The molecule has 0 aliphatic heterocycles. The number of unbranched alkanes of at least 4 members (excludes halogenated alkanes) is 11. The van der Waals surface area contributed by atoms with E-state index in [2.05, 4.69) is 6.92 Å². The van der Waals surface area contributed by atoms with Gasteiger partial charge in [-0.1, -0.05) is 77.6 Å². The molecule has 10 heteroatoms. The number of carbonyl (C=O) groups excluding carboxylic acids is 1. The average molecular weight is 388 g/mol. The summed E-state index contributed by atoms with van der Waals surface area (Å²) >= 11 is 0. The number of nitrogens with zero attached hydrogens (tertiary/aromatic N) is 3. The first-order valence-corrected chi connectivity index (χ1v) is 9.66. The van der Waals surface area contributed by atoms with Crippen LogP contribution in [0.4, 0.5) is 0 Å². The summed E-state index contributed by atoms with van der Waals surface area (Å²) in [5.41, 5.74) is -3.54. The van der Waals surface area contributed by atoms with Crippen molar-refractivity contribution in [2.75, 3.05) is 0 Å². The van der Waals surface area contributed by atoms with Gasteiger partial charge in [-0.3, -0.25) is 35.1 Å². The maximum absolute atomic E-state index is 11.1. The molecular formula is C17H30N3O7. The van der Waals surface area contributed by atoms with Crippen LogP contribution in [0.25, 0.3) is 0 Å². The molecule has 0 amide bonds. The minimum absolute atomic E-state index is 0.216. The molecule has 10 nitrogen and oxygen atoms in total. The molecule has 0 saturated heterocycles. The summed E-state index contributed by atoms with van der Waals surface area (Å²) in [4.78, 5) is 39.7. The van der Waals surface area contributed by atoms with Gasteiger partial charge in [0.15, 0.2) is 0 Å². The van der Waals surface area contributed by atoms with Crippen molar-refractivity contribution in [3.8, 4) is 0 Å². The van der Waals surface area contributed by atoms with E-state index in [-0.39, 0.29) is 6.42 Å². The molecule has 0 aromatic heterocycles. The normalized spacial score (nSPS) is 12.5. The Morgan fingerprint density at radius 3 is 1.41 bits per heavy atom. The fourth-order valence-electron chi connectivity index (χ4n) is 3.08. The summed E-state index contributed by atoms with van der Waals surface area (Å²) in [5.74, 6) is 0. The Morgan fingerprint density at radius 1 is 0.741 bits per heavy atom. The van der Waals surface area contributed by atoms with Gasteiger partial charge in [0.1, 0.15) is 9.85 Å². The maximum atomic E-state index is 11.1. The van der Waals surface area contributed by atoms with Crippen molar-refractivity contribution in [3.05, 3.63) is 30.3 Å². The zero-order chi connectivity index (χ0) is 20.7. The third kappa shape index (κ3) is 8.40. The van der Waals surface area contributed by atoms with E-state index in [9.17, 15) is 35.1 Å². The molecule has 1 radical (unpaired) electrons. The van der Waals surface area contributed by atoms with Gasteiger partial charge in [0, 0.05) is 11.3 Å². The Hall–Kier alpha value is -2.13. The molecule has 27 heavy (non-hydrogen) atoms. The Morgan fingerprint density at radius 2 is 1.11 bits per heavy atom. The molecule has 0 rings (SSSR count). The molecule has 0 fully saturated rings. The van der Waals surface area contributed by atoms with Gasteiger partial charge in [-0.25, -0.2) is 0 Å². The molecule has 1 atom stereocenters. The zero-order valence-electron chi connectivity index (χ0n) is 16.0. The van der Waals surface area contributed by atoms with Crippen LogP contribution in [0.15, 0.2) is 0 Å². The standard InChI is InChI=1S/C17H30N3O7/c1-2-3-4-5-6-7-8-9-10-11-12-13-14-16(18(22)23)17(15-21,19(24)25)20(26)27/h16H,2-14H2,1H3. The van der Waals surface area contributed by atoms with Crippen molar-refractivity contribution >= 4 is 6.29 Å². The highest BCUT2D eigenvalue weighted by atomic mass is 16.7. The zero-order valence-corrected chi connectivity index (χ0v) is 16.0. The quantitative estimate of drug-likeness (QED) is 0.149. The lowest BCUT2D eigenvalue weighted by Crippen LogP contribution is -2.59. The molecule has 0 N–H and O–H groups in total. The van der Waals surface area contributed by atoms with E-state index in [4.69, 9.17) is 0 Å². The van der Waals surface area contributed by atoms with Crippen LogP contribution < -0.4 is 0 Å². The van der Waals surface area contributed by atoms with Crippen LogP contribution in [0, 0.1) is 30.3 Å². The predicted octanol–water partition coefficient (Wildman–Crippen LogP) is 4.08. The van der Waals surface area contributed by atoms with Crippen molar-refractivity contribution in [2.45, 2.75) is 102 Å².